The normalized spacial score (nSPS) is 16.2. The first-order valence-corrected chi connectivity index (χ1v) is 5.19. The Kier molecular flexibility index (Phi) is 2.39. The van der Waals surface area contributed by atoms with E-state index in [0.717, 1.165) is 6.67 Å². The highest BCUT2D eigenvalue weighted by molar-refractivity contribution is 5.48. The maximum Gasteiger partial charge on any atom is 0.0946 e. The summed E-state index contributed by atoms with van der Waals surface area (Å²) in [7, 11) is 0. The molecule has 0 aromatic carbocycles. The molecule has 0 spiro atoms. The maximum absolute atomic E-state index is 4.02. The molecule has 0 saturated heterocycles. The fourth-order valence-electron chi connectivity index (χ4n) is 1.56. The molecule has 3 heteroatoms. The van der Waals surface area contributed by atoms with E-state index in [4.69, 9.17) is 0 Å². The number of hydrogen-bond acceptors (Lipinski definition) is 3. The Balaban J connectivity index is 2.10. The Hall–Kier alpha value is -1.51. The molecule has 0 aliphatic carbocycles. The summed E-state index contributed by atoms with van der Waals surface area (Å²) in [6.45, 7) is 7.56. The fourth-order valence-corrected chi connectivity index (χ4v) is 1.56. The number of nitrogens with zero attached hydrogens (tertiary/aromatic N) is 3. The van der Waals surface area contributed by atoms with Crippen molar-refractivity contribution in [3.05, 3.63) is 36.9 Å². The molecule has 2 rings (SSSR count). The number of hydrogen-bond donors (Lipinski definition) is 0. The number of rotatable bonds is 1. The molecule has 1 aliphatic heterocycles. The monoisotopic (exact) mass is 203 g/mol. The summed E-state index contributed by atoms with van der Waals surface area (Å²) >= 11 is 0. The van der Waals surface area contributed by atoms with E-state index in [9.17, 15) is 0 Å². The van der Waals surface area contributed by atoms with E-state index in [1.165, 1.54) is 5.69 Å². The molecule has 15 heavy (non-hydrogen) atoms. The molecule has 0 saturated carbocycles. The molecular formula is C12H17N3. The van der Waals surface area contributed by atoms with E-state index in [-0.39, 0.29) is 5.54 Å². The van der Waals surface area contributed by atoms with Crippen molar-refractivity contribution in [2.45, 2.75) is 26.3 Å². The molecule has 0 fully saturated rings. The molecule has 0 radical (unpaired) electrons. The summed E-state index contributed by atoms with van der Waals surface area (Å²) in [5.74, 6) is 0. The average molecular weight is 203 g/mol. The van der Waals surface area contributed by atoms with E-state index in [1.54, 1.807) is 0 Å². The van der Waals surface area contributed by atoms with E-state index in [1.807, 2.05) is 24.5 Å². The minimum atomic E-state index is 0.179. The van der Waals surface area contributed by atoms with Crippen LogP contribution in [0.15, 0.2) is 36.9 Å². The SMILES string of the molecule is CC(C)(C)N1C=CN(c2ccncc2)C1. The van der Waals surface area contributed by atoms with Gasteiger partial charge in [0.1, 0.15) is 0 Å². The van der Waals surface area contributed by atoms with Crippen molar-refractivity contribution >= 4 is 5.69 Å². The summed E-state index contributed by atoms with van der Waals surface area (Å²) < 4.78 is 0. The first-order chi connectivity index (χ1) is 7.07. The lowest BCUT2D eigenvalue weighted by Crippen LogP contribution is -2.39. The van der Waals surface area contributed by atoms with Crippen LogP contribution in [-0.2, 0) is 0 Å². The van der Waals surface area contributed by atoms with Crippen LogP contribution in [0.2, 0.25) is 0 Å². The molecule has 0 bridgehead atoms. The van der Waals surface area contributed by atoms with Gasteiger partial charge in [0, 0.05) is 36.0 Å². The van der Waals surface area contributed by atoms with Crippen LogP contribution in [0.3, 0.4) is 0 Å². The third-order valence-electron chi connectivity index (χ3n) is 2.59. The second-order valence-corrected chi connectivity index (χ2v) is 4.76. The number of anilines is 1. The molecule has 1 aliphatic rings. The minimum Gasteiger partial charge on any atom is -0.353 e. The Morgan fingerprint density at radius 2 is 1.80 bits per heavy atom. The summed E-state index contributed by atoms with van der Waals surface area (Å²) in [6.07, 6.45) is 7.90. The van der Waals surface area contributed by atoms with Crippen molar-refractivity contribution < 1.29 is 0 Å². The Morgan fingerprint density at radius 1 is 1.13 bits per heavy atom. The van der Waals surface area contributed by atoms with Gasteiger partial charge in [0.05, 0.1) is 6.67 Å². The van der Waals surface area contributed by atoms with Gasteiger partial charge in [-0.3, -0.25) is 4.98 Å². The van der Waals surface area contributed by atoms with Gasteiger partial charge in [0.25, 0.3) is 0 Å². The lowest BCUT2D eigenvalue weighted by Gasteiger charge is -2.33. The standard InChI is InChI=1S/C12H17N3/c1-12(2,3)15-9-8-14(10-15)11-4-6-13-7-5-11/h4-9H,10H2,1-3H3. The molecule has 1 aromatic rings. The topological polar surface area (TPSA) is 19.4 Å². The first kappa shape index (κ1) is 10.0. The van der Waals surface area contributed by atoms with Crippen molar-refractivity contribution in [2.24, 2.45) is 0 Å². The van der Waals surface area contributed by atoms with Crippen LogP contribution in [0.25, 0.3) is 0 Å². The van der Waals surface area contributed by atoms with Crippen LogP contribution in [0.1, 0.15) is 20.8 Å². The lowest BCUT2D eigenvalue weighted by molar-refractivity contribution is 0.223. The Bertz CT molecular complexity index is 351. The Morgan fingerprint density at radius 3 is 2.33 bits per heavy atom. The van der Waals surface area contributed by atoms with Crippen LogP contribution in [0.4, 0.5) is 5.69 Å². The van der Waals surface area contributed by atoms with Gasteiger partial charge in [0.15, 0.2) is 0 Å². The maximum atomic E-state index is 4.02. The van der Waals surface area contributed by atoms with Crippen molar-refractivity contribution in [2.75, 3.05) is 11.6 Å². The fraction of sp³-hybridized carbons (Fsp3) is 0.417. The molecule has 2 heterocycles. The third kappa shape index (κ3) is 2.12. The molecule has 80 valence electrons. The Labute approximate surface area is 91.0 Å². The van der Waals surface area contributed by atoms with E-state index < -0.39 is 0 Å². The first-order valence-electron chi connectivity index (χ1n) is 5.19. The molecular weight excluding hydrogens is 186 g/mol. The van der Waals surface area contributed by atoms with Crippen molar-refractivity contribution in [1.82, 2.24) is 9.88 Å². The summed E-state index contributed by atoms with van der Waals surface area (Å²) in [4.78, 5) is 8.55. The van der Waals surface area contributed by atoms with Gasteiger partial charge in [-0.25, -0.2) is 0 Å². The second kappa shape index (κ2) is 3.57. The summed E-state index contributed by atoms with van der Waals surface area (Å²) in [5, 5.41) is 0. The average Bonchev–Trinajstić information content (AvgIpc) is 2.67. The van der Waals surface area contributed by atoms with Crippen molar-refractivity contribution in [1.29, 1.82) is 0 Å². The second-order valence-electron chi connectivity index (χ2n) is 4.76. The van der Waals surface area contributed by atoms with Gasteiger partial charge in [-0.05, 0) is 32.9 Å². The van der Waals surface area contributed by atoms with Crippen LogP contribution in [0, 0.1) is 0 Å². The van der Waals surface area contributed by atoms with Crippen LogP contribution < -0.4 is 4.90 Å². The molecule has 1 aromatic heterocycles. The molecule has 0 amide bonds. The highest BCUT2D eigenvalue weighted by Gasteiger charge is 2.23. The van der Waals surface area contributed by atoms with Gasteiger partial charge in [0.2, 0.25) is 0 Å². The smallest absolute Gasteiger partial charge is 0.0946 e. The molecule has 3 nitrogen and oxygen atoms in total. The number of pyridine rings is 1. The van der Waals surface area contributed by atoms with Crippen LogP contribution in [0.5, 0.6) is 0 Å². The summed E-state index contributed by atoms with van der Waals surface area (Å²) in [6, 6.07) is 4.05. The van der Waals surface area contributed by atoms with E-state index in [0.29, 0.717) is 0 Å². The van der Waals surface area contributed by atoms with Crippen LogP contribution >= 0.6 is 0 Å². The lowest BCUT2D eigenvalue weighted by atomic mass is 10.1. The van der Waals surface area contributed by atoms with E-state index in [2.05, 4.69) is 48.0 Å². The van der Waals surface area contributed by atoms with E-state index >= 15 is 0 Å². The highest BCUT2D eigenvalue weighted by Crippen LogP contribution is 2.23. The van der Waals surface area contributed by atoms with Gasteiger partial charge in [-0.1, -0.05) is 0 Å². The van der Waals surface area contributed by atoms with Crippen LogP contribution in [-0.4, -0.2) is 22.1 Å². The van der Waals surface area contributed by atoms with Crippen molar-refractivity contribution in [3.63, 3.8) is 0 Å². The van der Waals surface area contributed by atoms with Gasteiger partial charge >= 0.3 is 0 Å². The largest absolute Gasteiger partial charge is 0.353 e. The minimum absolute atomic E-state index is 0.179. The third-order valence-corrected chi connectivity index (χ3v) is 2.59. The predicted molar refractivity (Wildman–Crippen MR) is 62.3 cm³/mol. The zero-order valence-electron chi connectivity index (χ0n) is 9.51. The zero-order chi connectivity index (χ0) is 10.9. The summed E-state index contributed by atoms with van der Waals surface area (Å²) in [5.41, 5.74) is 1.37. The van der Waals surface area contributed by atoms with Crippen molar-refractivity contribution in [3.8, 4) is 0 Å². The quantitative estimate of drug-likeness (QED) is 0.698. The number of aromatic nitrogens is 1. The predicted octanol–water partition coefficient (Wildman–Crippen LogP) is 2.43. The molecule has 0 unspecified atom stereocenters. The molecule has 0 atom stereocenters. The van der Waals surface area contributed by atoms with Gasteiger partial charge in [-0.2, -0.15) is 0 Å². The zero-order valence-corrected chi connectivity index (χ0v) is 9.51. The highest BCUT2D eigenvalue weighted by atomic mass is 15.4. The van der Waals surface area contributed by atoms with Gasteiger partial charge in [-0.15, -0.1) is 0 Å². The van der Waals surface area contributed by atoms with Gasteiger partial charge < -0.3 is 9.80 Å². The molecule has 0 N–H and O–H groups in total.